The first-order valence-corrected chi connectivity index (χ1v) is 3.66. The van der Waals surface area contributed by atoms with Crippen molar-refractivity contribution in [1.29, 1.82) is 0 Å². The van der Waals surface area contributed by atoms with E-state index in [1.807, 2.05) is 0 Å². The summed E-state index contributed by atoms with van der Waals surface area (Å²) in [6, 6.07) is 0. The predicted molar refractivity (Wildman–Crippen MR) is 37.2 cm³/mol. The number of carboxylic acids is 1. The maximum absolute atomic E-state index is 10.4. The average Bonchev–Trinajstić information content (AvgIpc) is 1.85. The van der Waals surface area contributed by atoms with E-state index in [1.54, 1.807) is 6.92 Å². The van der Waals surface area contributed by atoms with Gasteiger partial charge in [-0.25, -0.2) is 4.79 Å². The highest BCUT2D eigenvalue weighted by Crippen LogP contribution is 2.18. The van der Waals surface area contributed by atoms with Crippen molar-refractivity contribution >= 4 is 5.97 Å². The van der Waals surface area contributed by atoms with Gasteiger partial charge in [0.05, 0.1) is 12.2 Å². The van der Waals surface area contributed by atoms with Crippen molar-refractivity contribution in [2.45, 2.75) is 38.1 Å². The Bertz CT molecular complexity index is 147. The van der Waals surface area contributed by atoms with Crippen molar-refractivity contribution in [2.24, 2.45) is 0 Å². The number of hydrogen-bond donors (Lipinski definition) is 2. The molecule has 0 aromatic rings. The third-order valence-electron chi connectivity index (χ3n) is 1.76. The van der Waals surface area contributed by atoms with Crippen LogP contribution >= 0.6 is 0 Å². The smallest absolute Gasteiger partial charge is 0.332 e. The molecule has 0 amide bonds. The monoisotopic (exact) mass is 160 g/mol. The normalized spacial score (nSPS) is 38.5. The largest absolute Gasteiger partial charge is 0.479 e. The first-order valence-electron chi connectivity index (χ1n) is 3.66. The van der Waals surface area contributed by atoms with E-state index in [1.165, 1.54) is 0 Å². The molecule has 0 spiro atoms. The molecular formula is C7H12O4. The zero-order chi connectivity index (χ0) is 8.43. The lowest BCUT2D eigenvalue weighted by molar-refractivity contribution is -0.164. The lowest BCUT2D eigenvalue weighted by Crippen LogP contribution is -2.38. The summed E-state index contributed by atoms with van der Waals surface area (Å²) in [7, 11) is 0. The maximum Gasteiger partial charge on any atom is 0.332 e. The highest BCUT2D eigenvalue weighted by molar-refractivity contribution is 5.72. The van der Waals surface area contributed by atoms with Gasteiger partial charge in [0.15, 0.2) is 6.10 Å². The number of rotatable bonds is 1. The minimum absolute atomic E-state index is 0.153. The molecule has 0 aliphatic carbocycles. The van der Waals surface area contributed by atoms with E-state index in [0.29, 0.717) is 6.42 Å². The van der Waals surface area contributed by atoms with Crippen LogP contribution in [-0.2, 0) is 9.53 Å². The van der Waals surface area contributed by atoms with Crippen LogP contribution in [0.3, 0.4) is 0 Å². The molecule has 1 heterocycles. The van der Waals surface area contributed by atoms with Gasteiger partial charge in [-0.1, -0.05) is 0 Å². The molecule has 1 saturated heterocycles. The van der Waals surface area contributed by atoms with Crippen LogP contribution in [0.4, 0.5) is 0 Å². The van der Waals surface area contributed by atoms with E-state index in [-0.39, 0.29) is 12.5 Å². The van der Waals surface area contributed by atoms with Crippen LogP contribution in [-0.4, -0.2) is 34.5 Å². The number of aliphatic carboxylic acids is 1. The highest BCUT2D eigenvalue weighted by Gasteiger charge is 2.30. The lowest BCUT2D eigenvalue weighted by Gasteiger charge is -2.28. The van der Waals surface area contributed by atoms with Crippen molar-refractivity contribution in [3.63, 3.8) is 0 Å². The summed E-state index contributed by atoms with van der Waals surface area (Å²) in [6.45, 7) is 1.76. The SMILES string of the molecule is C[C@H]1C[C@@H](O)C[C@@H](C(=O)O)O1. The van der Waals surface area contributed by atoms with Crippen LogP contribution in [0.25, 0.3) is 0 Å². The maximum atomic E-state index is 10.4. The molecule has 0 aromatic heterocycles. The Balaban J connectivity index is 2.49. The highest BCUT2D eigenvalue weighted by atomic mass is 16.5. The van der Waals surface area contributed by atoms with Crippen molar-refractivity contribution in [1.82, 2.24) is 0 Å². The molecule has 0 aromatic carbocycles. The van der Waals surface area contributed by atoms with Gasteiger partial charge in [0.1, 0.15) is 0 Å². The van der Waals surface area contributed by atoms with Crippen LogP contribution in [0.15, 0.2) is 0 Å². The molecule has 64 valence electrons. The quantitative estimate of drug-likeness (QED) is 0.566. The Morgan fingerprint density at radius 1 is 1.55 bits per heavy atom. The molecule has 0 unspecified atom stereocenters. The summed E-state index contributed by atoms with van der Waals surface area (Å²) >= 11 is 0. The molecular weight excluding hydrogens is 148 g/mol. The van der Waals surface area contributed by atoms with Crippen molar-refractivity contribution in [3.05, 3.63) is 0 Å². The molecule has 0 bridgehead atoms. The van der Waals surface area contributed by atoms with Crippen molar-refractivity contribution in [2.75, 3.05) is 0 Å². The summed E-state index contributed by atoms with van der Waals surface area (Å²) in [6.07, 6.45) is -0.767. The zero-order valence-electron chi connectivity index (χ0n) is 6.36. The second-order valence-corrected chi connectivity index (χ2v) is 2.90. The third kappa shape index (κ3) is 2.17. The number of carboxylic acid groups (broad SMARTS) is 1. The number of hydrogen-bond acceptors (Lipinski definition) is 3. The van der Waals surface area contributed by atoms with Gasteiger partial charge >= 0.3 is 5.97 Å². The fourth-order valence-corrected chi connectivity index (χ4v) is 1.28. The van der Waals surface area contributed by atoms with E-state index in [9.17, 15) is 4.79 Å². The minimum Gasteiger partial charge on any atom is -0.479 e. The Labute approximate surface area is 64.8 Å². The fraction of sp³-hybridized carbons (Fsp3) is 0.857. The molecule has 1 fully saturated rings. The van der Waals surface area contributed by atoms with Crippen LogP contribution in [0.2, 0.25) is 0 Å². The van der Waals surface area contributed by atoms with Gasteiger partial charge in [-0.15, -0.1) is 0 Å². The Kier molecular flexibility index (Phi) is 2.46. The second kappa shape index (κ2) is 3.19. The Morgan fingerprint density at radius 3 is 2.64 bits per heavy atom. The van der Waals surface area contributed by atoms with Crippen LogP contribution in [0, 0.1) is 0 Å². The zero-order valence-corrected chi connectivity index (χ0v) is 6.36. The van der Waals surface area contributed by atoms with E-state index in [0.717, 1.165) is 0 Å². The van der Waals surface area contributed by atoms with Gasteiger partial charge in [0, 0.05) is 6.42 Å². The molecule has 4 nitrogen and oxygen atoms in total. The van der Waals surface area contributed by atoms with Crippen LogP contribution in [0.1, 0.15) is 19.8 Å². The summed E-state index contributed by atoms with van der Waals surface area (Å²) in [5.41, 5.74) is 0. The predicted octanol–water partition coefficient (Wildman–Crippen LogP) is -0.000600. The first kappa shape index (κ1) is 8.49. The standard InChI is InChI=1S/C7H12O4/c1-4-2-5(8)3-6(11-4)7(9)10/h4-6,8H,2-3H2,1H3,(H,9,10)/t4-,5+,6-/m0/s1. The van der Waals surface area contributed by atoms with Gasteiger partial charge in [-0.2, -0.15) is 0 Å². The number of aliphatic hydroxyl groups is 1. The molecule has 1 rings (SSSR count). The van der Waals surface area contributed by atoms with E-state index in [4.69, 9.17) is 14.9 Å². The molecule has 11 heavy (non-hydrogen) atoms. The van der Waals surface area contributed by atoms with Crippen molar-refractivity contribution < 1.29 is 19.7 Å². The molecule has 4 heteroatoms. The van der Waals surface area contributed by atoms with E-state index in [2.05, 4.69) is 0 Å². The Morgan fingerprint density at radius 2 is 2.18 bits per heavy atom. The van der Waals surface area contributed by atoms with Crippen LogP contribution < -0.4 is 0 Å². The third-order valence-corrected chi connectivity index (χ3v) is 1.76. The van der Waals surface area contributed by atoms with Crippen LogP contribution in [0.5, 0.6) is 0 Å². The van der Waals surface area contributed by atoms with E-state index < -0.39 is 18.2 Å². The summed E-state index contributed by atoms with van der Waals surface area (Å²) in [5.74, 6) is -0.990. The van der Waals surface area contributed by atoms with Gasteiger partial charge < -0.3 is 14.9 Å². The number of aliphatic hydroxyl groups excluding tert-OH is 1. The number of ether oxygens (including phenoxy) is 1. The second-order valence-electron chi connectivity index (χ2n) is 2.90. The molecule has 1 aliphatic heterocycles. The Hall–Kier alpha value is -0.610. The average molecular weight is 160 g/mol. The van der Waals surface area contributed by atoms with Crippen molar-refractivity contribution in [3.8, 4) is 0 Å². The molecule has 1 aliphatic rings. The molecule has 0 radical (unpaired) electrons. The molecule has 2 N–H and O–H groups in total. The van der Waals surface area contributed by atoms with Gasteiger partial charge in [-0.05, 0) is 13.3 Å². The fourth-order valence-electron chi connectivity index (χ4n) is 1.28. The summed E-state index contributed by atoms with van der Waals surface area (Å²) in [5, 5.41) is 17.7. The number of carbonyl (C=O) groups is 1. The summed E-state index contributed by atoms with van der Waals surface area (Å²) < 4.78 is 5.06. The minimum atomic E-state index is -0.990. The van der Waals surface area contributed by atoms with Gasteiger partial charge in [0.2, 0.25) is 0 Å². The lowest BCUT2D eigenvalue weighted by atomic mass is 10.0. The topological polar surface area (TPSA) is 66.8 Å². The molecule has 3 atom stereocenters. The molecule has 0 saturated carbocycles. The van der Waals surface area contributed by atoms with Gasteiger partial charge in [0.25, 0.3) is 0 Å². The summed E-state index contributed by atoms with van der Waals surface area (Å²) in [4.78, 5) is 10.4. The first-order chi connectivity index (χ1) is 5.09. The van der Waals surface area contributed by atoms with E-state index >= 15 is 0 Å². The van der Waals surface area contributed by atoms with Gasteiger partial charge in [-0.3, -0.25) is 0 Å².